The van der Waals surface area contributed by atoms with Crippen molar-refractivity contribution in [3.8, 4) is 5.75 Å². The molecule has 1 aromatic heterocycles. The van der Waals surface area contributed by atoms with Gasteiger partial charge in [-0.25, -0.2) is 4.98 Å². The molecule has 1 saturated carbocycles. The maximum absolute atomic E-state index is 12.6. The number of aliphatic hydroxyl groups is 1. The number of rotatable bonds is 5. The highest BCUT2D eigenvalue weighted by atomic mass is 16.5. The molecule has 1 heterocycles. The third kappa shape index (κ3) is 4.61. The molecule has 5 nitrogen and oxygen atoms in total. The Labute approximate surface area is 154 Å². The van der Waals surface area contributed by atoms with E-state index in [2.05, 4.69) is 10.3 Å². The first kappa shape index (κ1) is 18.4. The molecule has 5 heteroatoms. The average molecular weight is 354 g/mol. The van der Waals surface area contributed by atoms with E-state index in [4.69, 9.17) is 4.74 Å². The van der Waals surface area contributed by atoms with Crippen LogP contribution in [0.2, 0.25) is 0 Å². The molecule has 2 atom stereocenters. The number of hydrogen-bond donors (Lipinski definition) is 2. The number of aliphatic hydroxyl groups excluding tert-OH is 1. The molecule has 0 radical (unpaired) electrons. The molecule has 3 rings (SSSR count). The van der Waals surface area contributed by atoms with Gasteiger partial charge in [-0.2, -0.15) is 0 Å². The van der Waals surface area contributed by atoms with Crippen molar-refractivity contribution in [2.45, 2.75) is 51.2 Å². The fraction of sp³-hybridized carbons (Fsp3) is 0.429. The summed E-state index contributed by atoms with van der Waals surface area (Å²) in [5.41, 5.74) is 3.40. The molecule has 0 bridgehead atoms. The van der Waals surface area contributed by atoms with Crippen molar-refractivity contribution in [2.75, 3.05) is 7.11 Å². The lowest BCUT2D eigenvalue weighted by molar-refractivity contribution is 0.0713. The number of amides is 1. The van der Waals surface area contributed by atoms with E-state index in [9.17, 15) is 9.90 Å². The van der Waals surface area contributed by atoms with Crippen LogP contribution in [-0.2, 0) is 6.42 Å². The first-order valence-corrected chi connectivity index (χ1v) is 9.14. The second-order valence-corrected chi connectivity index (χ2v) is 6.96. The molecule has 2 N–H and O–H groups in total. The Balaban J connectivity index is 1.72. The Bertz CT molecular complexity index is 758. The highest BCUT2D eigenvalue weighted by Gasteiger charge is 2.25. The van der Waals surface area contributed by atoms with E-state index in [0.29, 0.717) is 5.69 Å². The molecule has 0 saturated heterocycles. The molecular formula is C21H26N2O3. The SMILES string of the molecule is COc1ccc(Cc2cc(C)nc(C(=O)N[C@H]3CCCC[C@@H]3O)c2)cc1. The highest BCUT2D eigenvalue weighted by molar-refractivity contribution is 5.92. The predicted molar refractivity (Wildman–Crippen MR) is 101 cm³/mol. The van der Waals surface area contributed by atoms with Crippen molar-refractivity contribution in [3.63, 3.8) is 0 Å². The van der Waals surface area contributed by atoms with Gasteiger partial charge in [0, 0.05) is 5.69 Å². The van der Waals surface area contributed by atoms with Crippen LogP contribution in [0.3, 0.4) is 0 Å². The molecule has 0 spiro atoms. The van der Waals surface area contributed by atoms with E-state index in [1.54, 1.807) is 7.11 Å². The number of hydrogen-bond acceptors (Lipinski definition) is 4. The van der Waals surface area contributed by atoms with Gasteiger partial charge in [0.25, 0.3) is 5.91 Å². The van der Waals surface area contributed by atoms with Gasteiger partial charge in [-0.15, -0.1) is 0 Å². The van der Waals surface area contributed by atoms with E-state index in [-0.39, 0.29) is 11.9 Å². The van der Waals surface area contributed by atoms with Crippen molar-refractivity contribution in [1.82, 2.24) is 10.3 Å². The fourth-order valence-electron chi connectivity index (χ4n) is 3.46. The van der Waals surface area contributed by atoms with Gasteiger partial charge in [0.2, 0.25) is 0 Å². The summed E-state index contributed by atoms with van der Waals surface area (Å²) in [4.78, 5) is 17.0. The lowest BCUT2D eigenvalue weighted by Gasteiger charge is -2.28. The molecule has 1 amide bonds. The van der Waals surface area contributed by atoms with Gasteiger partial charge in [-0.1, -0.05) is 25.0 Å². The molecule has 0 aliphatic heterocycles. The lowest BCUT2D eigenvalue weighted by Crippen LogP contribution is -2.45. The minimum absolute atomic E-state index is 0.177. The number of pyridine rings is 1. The molecule has 138 valence electrons. The number of carbonyl (C=O) groups is 1. The Kier molecular flexibility index (Phi) is 5.89. The maximum atomic E-state index is 12.6. The number of carbonyl (C=O) groups excluding carboxylic acids is 1. The maximum Gasteiger partial charge on any atom is 0.270 e. The lowest BCUT2D eigenvalue weighted by atomic mass is 9.92. The van der Waals surface area contributed by atoms with Crippen LogP contribution in [0.15, 0.2) is 36.4 Å². The van der Waals surface area contributed by atoms with Crippen molar-refractivity contribution in [2.24, 2.45) is 0 Å². The van der Waals surface area contributed by atoms with Crippen LogP contribution in [0.25, 0.3) is 0 Å². The molecular weight excluding hydrogens is 328 g/mol. The van der Waals surface area contributed by atoms with Crippen molar-refractivity contribution in [3.05, 3.63) is 58.9 Å². The standard InChI is InChI=1S/C21H26N2O3/c1-14-11-16(12-15-7-9-17(26-2)10-8-15)13-19(22-14)21(25)23-18-5-3-4-6-20(18)24/h7-11,13,18,20,24H,3-6,12H2,1-2H3,(H,23,25)/t18-,20-/m0/s1. The van der Waals surface area contributed by atoms with Crippen LogP contribution < -0.4 is 10.1 Å². The zero-order chi connectivity index (χ0) is 18.5. The van der Waals surface area contributed by atoms with E-state index in [0.717, 1.165) is 54.7 Å². The number of nitrogens with zero attached hydrogens (tertiary/aromatic N) is 1. The monoisotopic (exact) mass is 354 g/mol. The molecule has 1 aromatic carbocycles. The van der Waals surface area contributed by atoms with Crippen LogP contribution in [0.4, 0.5) is 0 Å². The fourth-order valence-corrected chi connectivity index (χ4v) is 3.46. The Morgan fingerprint density at radius 1 is 1.19 bits per heavy atom. The van der Waals surface area contributed by atoms with Crippen LogP contribution in [0.5, 0.6) is 5.75 Å². The predicted octanol–water partition coefficient (Wildman–Crippen LogP) is 3.02. The van der Waals surface area contributed by atoms with Crippen molar-refractivity contribution >= 4 is 5.91 Å². The zero-order valence-electron chi connectivity index (χ0n) is 15.4. The van der Waals surface area contributed by atoms with Crippen molar-refractivity contribution < 1.29 is 14.6 Å². The summed E-state index contributed by atoms with van der Waals surface area (Å²) >= 11 is 0. The normalized spacial score (nSPS) is 19.8. The van der Waals surface area contributed by atoms with E-state index in [1.807, 2.05) is 43.3 Å². The van der Waals surface area contributed by atoms with Gasteiger partial charge in [0.05, 0.1) is 19.3 Å². The summed E-state index contributed by atoms with van der Waals surface area (Å²) in [5, 5.41) is 13.0. The second kappa shape index (κ2) is 8.32. The summed E-state index contributed by atoms with van der Waals surface area (Å²) in [6, 6.07) is 11.6. The molecule has 1 fully saturated rings. The van der Waals surface area contributed by atoms with E-state index in [1.165, 1.54) is 0 Å². The van der Waals surface area contributed by atoms with Crippen LogP contribution in [0, 0.1) is 6.92 Å². The molecule has 2 aromatic rings. The zero-order valence-corrected chi connectivity index (χ0v) is 15.4. The molecule has 26 heavy (non-hydrogen) atoms. The van der Waals surface area contributed by atoms with Gasteiger partial charge >= 0.3 is 0 Å². The number of aryl methyl sites for hydroxylation is 1. The summed E-state index contributed by atoms with van der Waals surface area (Å²) < 4.78 is 5.19. The van der Waals surface area contributed by atoms with Crippen molar-refractivity contribution in [1.29, 1.82) is 0 Å². The number of nitrogens with one attached hydrogen (secondary N) is 1. The van der Waals surface area contributed by atoms with Crippen LogP contribution in [0.1, 0.15) is 53.0 Å². The molecule has 0 unspecified atom stereocenters. The number of methoxy groups -OCH3 is 1. The summed E-state index contributed by atoms with van der Waals surface area (Å²) in [6.45, 7) is 1.89. The van der Waals surface area contributed by atoms with Gasteiger partial charge in [0.1, 0.15) is 11.4 Å². The third-order valence-electron chi connectivity index (χ3n) is 4.86. The molecule has 1 aliphatic rings. The quantitative estimate of drug-likeness (QED) is 0.866. The Morgan fingerprint density at radius 2 is 1.92 bits per heavy atom. The van der Waals surface area contributed by atoms with Gasteiger partial charge in [0.15, 0.2) is 0 Å². The Hall–Kier alpha value is -2.40. The first-order valence-electron chi connectivity index (χ1n) is 9.14. The highest BCUT2D eigenvalue weighted by Crippen LogP contribution is 2.19. The number of ether oxygens (including phenoxy) is 1. The number of benzene rings is 1. The largest absolute Gasteiger partial charge is 0.497 e. The average Bonchev–Trinajstić information content (AvgIpc) is 2.64. The van der Waals surface area contributed by atoms with Gasteiger partial charge < -0.3 is 15.2 Å². The van der Waals surface area contributed by atoms with E-state index >= 15 is 0 Å². The summed E-state index contributed by atoms with van der Waals surface area (Å²) in [5.74, 6) is 0.612. The second-order valence-electron chi connectivity index (χ2n) is 6.96. The number of aromatic nitrogens is 1. The smallest absolute Gasteiger partial charge is 0.270 e. The molecule has 1 aliphatic carbocycles. The van der Waals surface area contributed by atoms with Crippen LogP contribution in [-0.4, -0.2) is 35.3 Å². The summed E-state index contributed by atoms with van der Waals surface area (Å²) in [7, 11) is 1.65. The van der Waals surface area contributed by atoms with E-state index < -0.39 is 6.10 Å². The van der Waals surface area contributed by atoms with Gasteiger partial charge in [-0.05, 0) is 61.6 Å². The minimum Gasteiger partial charge on any atom is -0.497 e. The Morgan fingerprint density at radius 3 is 2.62 bits per heavy atom. The topological polar surface area (TPSA) is 71.5 Å². The summed E-state index contributed by atoms with van der Waals surface area (Å²) in [6.07, 6.45) is 3.87. The van der Waals surface area contributed by atoms with Crippen LogP contribution >= 0.6 is 0 Å². The minimum atomic E-state index is -0.462. The first-order chi connectivity index (χ1) is 12.5. The van der Waals surface area contributed by atoms with Gasteiger partial charge in [-0.3, -0.25) is 4.79 Å². The third-order valence-corrected chi connectivity index (χ3v) is 4.86.